The van der Waals surface area contributed by atoms with Crippen molar-refractivity contribution in [2.75, 3.05) is 13.7 Å². The van der Waals surface area contributed by atoms with Gasteiger partial charge in [-0.3, -0.25) is 0 Å². The summed E-state index contributed by atoms with van der Waals surface area (Å²) in [5.41, 5.74) is 29.4. The van der Waals surface area contributed by atoms with Gasteiger partial charge in [0.25, 0.3) is 0 Å². The molecule has 4 aliphatic rings. The number of ether oxygens (including phenoxy) is 5. The zero-order valence-electron chi connectivity index (χ0n) is 21.4. The Labute approximate surface area is 220 Å². The average Bonchev–Trinajstić information content (AvgIpc) is 2.86. The van der Waals surface area contributed by atoms with Gasteiger partial charge in [-0.25, -0.2) is 4.99 Å². The van der Waals surface area contributed by atoms with Gasteiger partial charge in [0.15, 0.2) is 24.8 Å². The van der Waals surface area contributed by atoms with Gasteiger partial charge in [-0.15, -0.1) is 0 Å². The summed E-state index contributed by atoms with van der Waals surface area (Å²) in [5.74, 6) is -0.340. The summed E-state index contributed by atoms with van der Waals surface area (Å²) in [6, 6.07) is -2.71. The van der Waals surface area contributed by atoms with Crippen LogP contribution >= 0.6 is 0 Å². The number of hydrogen-bond acceptors (Lipinski definition) is 14. The highest BCUT2D eigenvalue weighted by atomic mass is 16.8. The van der Waals surface area contributed by atoms with E-state index in [0.717, 1.165) is 6.42 Å². The molecule has 1 saturated carbocycles. The summed E-state index contributed by atoms with van der Waals surface area (Å²) in [6.07, 6.45) is -7.98. The SMILES string of the molecule is CNC1C(O[C@H]2OC(CO)[C@@H](N=C(N)N)[C@H](O)C2O)O[C@H]2CC(N)[C@@H](O[C@H]3CC[C@H](N)CC3N)OC2C1O. The maximum Gasteiger partial charge on any atom is 0.189 e. The minimum Gasteiger partial charge on any atom is -0.394 e. The fourth-order valence-electron chi connectivity index (χ4n) is 5.67. The van der Waals surface area contributed by atoms with E-state index in [1.165, 1.54) is 0 Å². The Morgan fingerprint density at radius 3 is 2.26 bits per heavy atom. The average molecular weight is 550 g/mol. The molecule has 1 aliphatic carbocycles. The van der Waals surface area contributed by atoms with Crippen LogP contribution in [-0.4, -0.2) is 132 Å². The van der Waals surface area contributed by atoms with Crippen LogP contribution in [0, 0.1) is 0 Å². The van der Waals surface area contributed by atoms with Crippen LogP contribution < -0.4 is 34.0 Å². The standard InChI is InChI=1S/C22H43N7O9/c1-28-14-16(32)18-11(5-9(25)19(37-18)34-10-3-2-7(23)4-8(10)24)35-20(14)38-21-17(33)15(31)13(29-22(26)27)12(6-30)36-21/h7-21,28,30-33H,2-6,23-25H2,1H3,(H4,26,27,29)/t7-,8?,9?,10-,11-,12?,13+,14?,15-,16?,17?,18?,19-,20?,21+/m0/s1. The van der Waals surface area contributed by atoms with Gasteiger partial charge in [-0.05, 0) is 32.7 Å². The quantitative estimate of drug-likeness (QED) is 0.105. The van der Waals surface area contributed by atoms with E-state index in [-0.39, 0.29) is 30.6 Å². The molecular formula is C22H43N7O9. The summed E-state index contributed by atoms with van der Waals surface area (Å²) >= 11 is 0. The Hall–Kier alpha value is -1.25. The maximum atomic E-state index is 11.2. The number of rotatable bonds is 7. The molecule has 0 aromatic rings. The second kappa shape index (κ2) is 12.5. The highest BCUT2D eigenvalue weighted by Gasteiger charge is 2.53. The van der Waals surface area contributed by atoms with Crippen LogP contribution in [0.1, 0.15) is 25.7 Å². The van der Waals surface area contributed by atoms with Crippen molar-refractivity contribution >= 4 is 5.96 Å². The van der Waals surface area contributed by atoms with Gasteiger partial charge in [-0.1, -0.05) is 0 Å². The summed E-state index contributed by atoms with van der Waals surface area (Å²) in [6.45, 7) is -0.555. The zero-order chi connectivity index (χ0) is 27.7. The fraction of sp³-hybridized carbons (Fsp3) is 0.955. The number of nitrogens with zero attached hydrogens (tertiary/aromatic N) is 1. The molecule has 15 atom stereocenters. The van der Waals surface area contributed by atoms with Gasteiger partial charge in [0, 0.05) is 12.1 Å². The lowest BCUT2D eigenvalue weighted by molar-refractivity contribution is -0.371. The highest BCUT2D eigenvalue weighted by Crippen LogP contribution is 2.35. The van der Waals surface area contributed by atoms with Gasteiger partial charge in [0.1, 0.15) is 36.6 Å². The lowest BCUT2D eigenvalue weighted by atomic mass is 9.88. The van der Waals surface area contributed by atoms with E-state index in [9.17, 15) is 20.4 Å². The van der Waals surface area contributed by atoms with Gasteiger partial charge in [-0.2, -0.15) is 0 Å². The van der Waals surface area contributed by atoms with Crippen molar-refractivity contribution in [1.29, 1.82) is 0 Å². The van der Waals surface area contributed by atoms with Crippen LogP contribution in [0.4, 0.5) is 0 Å². The summed E-state index contributed by atoms with van der Waals surface area (Å²) in [7, 11) is 1.60. The van der Waals surface area contributed by atoms with Crippen LogP contribution in [0.3, 0.4) is 0 Å². The molecule has 0 aromatic heterocycles. The van der Waals surface area contributed by atoms with Gasteiger partial charge >= 0.3 is 0 Å². The van der Waals surface area contributed by atoms with E-state index in [1.807, 2.05) is 0 Å². The molecule has 0 amide bonds. The first-order valence-corrected chi connectivity index (χ1v) is 13.0. The number of likely N-dealkylation sites (N-methyl/N-ethyl adjacent to an activating group) is 1. The summed E-state index contributed by atoms with van der Waals surface area (Å²) in [5, 5.41) is 45.1. The molecule has 3 aliphatic heterocycles. The van der Waals surface area contributed by atoms with E-state index in [0.29, 0.717) is 12.8 Å². The van der Waals surface area contributed by atoms with Gasteiger partial charge in [0.2, 0.25) is 0 Å². The number of fused-ring (bicyclic) bond motifs is 1. The molecule has 16 heteroatoms. The summed E-state index contributed by atoms with van der Waals surface area (Å²) < 4.78 is 29.9. The predicted octanol–water partition coefficient (Wildman–Crippen LogP) is -5.58. The van der Waals surface area contributed by atoms with E-state index in [2.05, 4.69) is 10.3 Å². The van der Waals surface area contributed by atoms with Crippen molar-refractivity contribution < 1.29 is 44.1 Å². The van der Waals surface area contributed by atoms with Crippen LogP contribution in [0.5, 0.6) is 0 Å². The number of guanidine groups is 1. The van der Waals surface area contributed by atoms with Crippen LogP contribution in [0.15, 0.2) is 4.99 Å². The second-order valence-electron chi connectivity index (χ2n) is 10.5. The van der Waals surface area contributed by atoms with Crippen molar-refractivity contribution in [2.45, 2.75) is 117 Å². The minimum absolute atomic E-state index is 0.0369. The van der Waals surface area contributed by atoms with Crippen LogP contribution in [-0.2, 0) is 23.7 Å². The molecule has 0 bridgehead atoms. The normalized spacial score (nSPS) is 49.7. The Bertz CT molecular complexity index is 807. The third-order valence-electron chi connectivity index (χ3n) is 7.75. The number of aliphatic hydroxyl groups excluding tert-OH is 4. The second-order valence-corrected chi connectivity index (χ2v) is 10.5. The fourth-order valence-corrected chi connectivity index (χ4v) is 5.67. The molecule has 16 nitrogen and oxygen atoms in total. The molecular weight excluding hydrogens is 506 g/mol. The molecule has 0 aromatic carbocycles. The van der Waals surface area contributed by atoms with Crippen LogP contribution in [0.25, 0.3) is 0 Å². The van der Waals surface area contributed by atoms with E-state index in [1.54, 1.807) is 7.05 Å². The van der Waals surface area contributed by atoms with Crippen molar-refractivity contribution in [1.82, 2.24) is 5.32 Å². The largest absolute Gasteiger partial charge is 0.394 e. The monoisotopic (exact) mass is 549 g/mol. The van der Waals surface area contributed by atoms with E-state index < -0.39 is 80.2 Å². The molecule has 38 heavy (non-hydrogen) atoms. The Kier molecular flexibility index (Phi) is 9.78. The molecule has 15 N–H and O–H groups in total. The number of nitrogens with two attached hydrogens (primary N) is 5. The van der Waals surface area contributed by atoms with Crippen molar-refractivity contribution in [3.8, 4) is 0 Å². The minimum atomic E-state index is -1.59. The van der Waals surface area contributed by atoms with E-state index in [4.69, 9.17) is 52.4 Å². The molecule has 4 fully saturated rings. The zero-order valence-corrected chi connectivity index (χ0v) is 21.4. The number of aliphatic hydroxyl groups is 4. The lowest BCUT2D eigenvalue weighted by Crippen LogP contribution is -2.69. The smallest absolute Gasteiger partial charge is 0.189 e. The molecule has 8 unspecified atom stereocenters. The van der Waals surface area contributed by atoms with Gasteiger partial charge in [0.05, 0.1) is 30.9 Å². The molecule has 0 spiro atoms. The van der Waals surface area contributed by atoms with E-state index >= 15 is 0 Å². The predicted molar refractivity (Wildman–Crippen MR) is 132 cm³/mol. The topological polar surface area (TPSA) is 282 Å². The summed E-state index contributed by atoms with van der Waals surface area (Å²) in [4.78, 5) is 3.85. The molecule has 4 rings (SSSR count). The molecule has 3 saturated heterocycles. The third kappa shape index (κ3) is 6.22. The lowest BCUT2D eigenvalue weighted by Gasteiger charge is -2.51. The maximum absolute atomic E-state index is 11.2. The molecule has 220 valence electrons. The first-order valence-electron chi connectivity index (χ1n) is 13.0. The van der Waals surface area contributed by atoms with Gasteiger partial charge < -0.3 is 78.1 Å². The highest BCUT2D eigenvalue weighted by molar-refractivity contribution is 5.76. The van der Waals surface area contributed by atoms with Crippen molar-refractivity contribution in [2.24, 2.45) is 33.7 Å². The molecule has 3 heterocycles. The number of nitrogens with one attached hydrogen (secondary N) is 1. The van der Waals surface area contributed by atoms with Crippen LogP contribution in [0.2, 0.25) is 0 Å². The van der Waals surface area contributed by atoms with Crippen molar-refractivity contribution in [3.05, 3.63) is 0 Å². The Morgan fingerprint density at radius 2 is 1.63 bits per heavy atom. The number of hydrogen-bond donors (Lipinski definition) is 10. The first kappa shape index (κ1) is 29.7. The first-order chi connectivity index (χ1) is 18.0. The Balaban J connectivity index is 1.42. The molecule has 0 radical (unpaired) electrons. The Morgan fingerprint density at radius 1 is 0.895 bits per heavy atom. The third-order valence-corrected chi connectivity index (χ3v) is 7.75. The number of aliphatic imine (C=N–C) groups is 1. The van der Waals surface area contributed by atoms with Crippen molar-refractivity contribution in [3.63, 3.8) is 0 Å².